The molecule has 0 amide bonds. The molecule has 0 saturated heterocycles. The van der Waals surface area contributed by atoms with E-state index < -0.39 is 0 Å². The van der Waals surface area contributed by atoms with E-state index in [1.54, 1.807) is 7.11 Å². The summed E-state index contributed by atoms with van der Waals surface area (Å²) in [5.74, 6) is 0.987. The number of hydrogen-bond donors (Lipinski definition) is 1. The Morgan fingerprint density at radius 2 is 2.06 bits per heavy atom. The highest BCUT2D eigenvalue weighted by atomic mass is 16.5. The minimum absolute atomic E-state index is 0.301. The molecule has 0 fully saturated rings. The summed E-state index contributed by atoms with van der Waals surface area (Å²) in [6, 6.07) is 6.73. The SMILES string of the molecule is CCc1ccc(OC)c(CCC(N)CC)c1. The highest BCUT2D eigenvalue weighted by Crippen LogP contribution is 2.22. The van der Waals surface area contributed by atoms with Crippen molar-refractivity contribution in [3.8, 4) is 5.75 Å². The topological polar surface area (TPSA) is 35.2 Å². The van der Waals surface area contributed by atoms with E-state index in [0.717, 1.165) is 31.4 Å². The van der Waals surface area contributed by atoms with E-state index in [9.17, 15) is 0 Å². The molecule has 0 heterocycles. The van der Waals surface area contributed by atoms with Crippen LogP contribution in [0.2, 0.25) is 0 Å². The summed E-state index contributed by atoms with van der Waals surface area (Å²) in [4.78, 5) is 0. The summed E-state index contributed by atoms with van der Waals surface area (Å²) in [5.41, 5.74) is 8.59. The predicted octanol–water partition coefficient (Wildman–Crippen LogP) is 2.93. The predicted molar refractivity (Wildman–Crippen MR) is 69.0 cm³/mol. The van der Waals surface area contributed by atoms with Crippen LogP contribution in [-0.4, -0.2) is 13.2 Å². The third-order valence-electron chi connectivity index (χ3n) is 3.06. The van der Waals surface area contributed by atoms with Crippen LogP contribution >= 0.6 is 0 Å². The first-order valence-electron chi connectivity index (χ1n) is 6.12. The van der Waals surface area contributed by atoms with Gasteiger partial charge < -0.3 is 10.5 Å². The number of nitrogens with two attached hydrogens (primary N) is 1. The van der Waals surface area contributed by atoms with Crippen molar-refractivity contribution < 1.29 is 4.74 Å². The molecule has 1 aromatic rings. The van der Waals surface area contributed by atoms with Crippen LogP contribution in [-0.2, 0) is 12.8 Å². The van der Waals surface area contributed by atoms with Crippen LogP contribution in [0.15, 0.2) is 18.2 Å². The average molecular weight is 221 g/mol. The zero-order valence-electron chi connectivity index (χ0n) is 10.6. The summed E-state index contributed by atoms with van der Waals surface area (Å²) in [6.07, 6.45) is 4.14. The Labute approximate surface area is 98.8 Å². The maximum absolute atomic E-state index is 5.94. The average Bonchev–Trinajstić information content (AvgIpc) is 2.35. The number of hydrogen-bond acceptors (Lipinski definition) is 2. The van der Waals surface area contributed by atoms with Crippen molar-refractivity contribution >= 4 is 0 Å². The molecule has 1 atom stereocenters. The Bertz CT molecular complexity index is 323. The summed E-state index contributed by atoms with van der Waals surface area (Å²) >= 11 is 0. The van der Waals surface area contributed by atoms with Gasteiger partial charge in [0.15, 0.2) is 0 Å². The highest BCUT2D eigenvalue weighted by molar-refractivity contribution is 5.37. The maximum Gasteiger partial charge on any atom is 0.122 e. The molecule has 2 N–H and O–H groups in total. The van der Waals surface area contributed by atoms with Crippen LogP contribution in [0.5, 0.6) is 5.75 Å². The summed E-state index contributed by atoms with van der Waals surface area (Å²) in [6.45, 7) is 4.30. The van der Waals surface area contributed by atoms with Gasteiger partial charge in [-0.05, 0) is 42.9 Å². The van der Waals surface area contributed by atoms with Crippen molar-refractivity contribution in [3.05, 3.63) is 29.3 Å². The second-order valence-electron chi connectivity index (χ2n) is 4.21. The third-order valence-corrected chi connectivity index (χ3v) is 3.06. The fourth-order valence-corrected chi connectivity index (χ4v) is 1.79. The van der Waals surface area contributed by atoms with Crippen molar-refractivity contribution in [3.63, 3.8) is 0 Å². The highest BCUT2D eigenvalue weighted by Gasteiger charge is 2.06. The molecule has 1 aromatic carbocycles. The van der Waals surface area contributed by atoms with Gasteiger partial charge in [-0.15, -0.1) is 0 Å². The van der Waals surface area contributed by atoms with Gasteiger partial charge in [0.05, 0.1) is 7.11 Å². The van der Waals surface area contributed by atoms with Crippen molar-refractivity contribution in [2.75, 3.05) is 7.11 Å². The fourth-order valence-electron chi connectivity index (χ4n) is 1.79. The van der Waals surface area contributed by atoms with E-state index in [1.165, 1.54) is 11.1 Å². The quantitative estimate of drug-likeness (QED) is 0.801. The molecular weight excluding hydrogens is 198 g/mol. The lowest BCUT2D eigenvalue weighted by molar-refractivity contribution is 0.408. The molecule has 0 aromatic heterocycles. The van der Waals surface area contributed by atoms with Crippen LogP contribution in [0, 0.1) is 0 Å². The van der Waals surface area contributed by atoms with Gasteiger partial charge in [0, 0.05) is 6.04 Å². The van der Waals surface area contributed by atoms with Gasteiger partial charge in [-0.2, -0.15) is 0 Å². The van der Waals surface area contributed by atoms with Gasteiger partial charge in [-0.3, -0.25) is 0 Å². The lowest BCUT2D eigenvalue weighted by Gasteiger charge is -2.12. The standard InChI is InChI=1S/C14H23NO/c1-4-11-6-9-14(16-3)12(10-11)7-8-13(15)5-2/h6,9-10,13H,4-5,7-8,15H2,1-3H3. The van der Waals surface area contributed by atoms with E-state index in [1.807, 2.05) is 0 Å². The number of methoxy groups -OCH3 is 1. The van der Waals surface area contributed by atoms with E-state index in [2.05, 4.69) is 32.0 Å². The zero-order valence-corrected chi connectivity index (χ0v) is 10.6. The second kappa shape index (κ2) is 6.54. The first kappa shape index (κ1) is 13.0. The Balaban J connectivity index is 2.75. The fraction of sp³-hybridized carbons (Fsp3) is 0.571. The number of ether oxygens (including phenoxy) is 1. The molecule has 0 aliphatic heterocycles. The van der Waals surface area contributed by atoms with Crippen LogP contribution in [0.1, 0.15) is 37.8 Å². The first-order chi connectivity index (χ1) is 7.71. The Hall–Kier alpha value is -1.02. The van der Waals surface area contributed by atoms with Gasteiger partial charge in [0.25, 0.3) is 0 Å². The van der Waals surface area contributed by atoms with E-state index in [4.69, 9.17) is 10.5 Å². The van der Waals surface area contributed by atoms with E-state index in [-0.39, 0.29) is 0 Å². The van der Waals surface area contributed by atoms with Gasteiger partial charge in [-0.1, -0.05) is 26.0 Å². The molecule has 0 bridgehead atoms. The molecule has 0 aliphatic rings. The molecule has 90 valence electrons. The molecule has 0 spiro atoms. The minimum atomic E-state index is 0.301. The van der Waals surface area contributed by atoms with Gasteiger partial charge in [0.1, 0.15) is 5.75 Å². The lowest BCUT2D eigenvalue weighted by atomic mass is 10.0. The minimum Gasteiger partial charge on any atom is -0.496 e. The van der Waals surface area contributed by atoms with Crippen molar-refractivity contribution in [2.24, 2.45) is 5.73 Å². The lowest BCUT2D eigenvalue weighted by Crippen LogP contribution is -2.19. The molecular formula is C14H23NO. The molecule has 0 aliphatic carbocycles. The second-order valence-corrected chi connectivity index (χ2v) is 4.21. The Morgan fingerprint density at radius 1 is 1.31 bits per heavy atom. The van der Waals surface area contributed by atoms with Crippen molar-refractivity contribution in [1.82, 2.24) is 0 Å². The van der Waals surface area contributed by atoms with E-state index >= 15 is 0 Å². The zero-order chi connectivity index (χ0) is 12.0. The van der Waals surface area contributed by atoms with Gasteiger partial charge >= 0.3 is 0 Å². The monoisotopic (exact) mass is 221 g/mol. The molecule has 16 heavy (non-hydrogen) atoms. The Morgan fingerprint density at radius 3 is 2.62 bits per heavy atom. The summed E-state index contributed by atoms with van der Waals surface area (Å²) in [5, 5.41) is 0. The molecule has 2 heteroatoms. The largest absolute Gasteiger partial charge is 0.496 e. The smallest absolute Gasteiger partial charge is 0.122 e. The van der Waals surface area contributed by atoms with E-state index in [0.29, 0.717) is 6.04 Å². The molecule has 1 unspecified atom stereocenters. The normalized spacial score (nSPS) is 12.5. The summed E-state index contributed by atoms with van der Waals surface area (Å²) in [7, 11) is 1.73. The molecule has 0 radical (unpaired) electrons. The Kier molecular flexibility index (Phi) is 5.33. The number of rotatable bonds is 6. The van der Waals surface area contributed by atoms with Gasteiger partial charge in [0.2, 0.25) is 0 Å². The van der Waals surface area contributed by atoms with Crippen LogP contribution in [0.3, 0.4) is 0 Å². The van der Waals surface area contributed by atoms with Crippen molar-refractivity contribution in [1.29, 1.82) is 0 Å². The van der Waals surface area contributed by atoms with Crippen LogP contribution < -0.4 is 10.5 Å². The van der Waals surface area contributed by atoms with Crippen LogP contribution in [0.25, 0.3) is 0 Å². The van der Waals surface area contributed by atoms with Crippen molar-refractivity contribution in [2.45, 2.75) is 45.6 Å². The van der Waals surface area contributed by atoms with Gasteiger partial charge in [-0.25, -0.2) is 0 Å². The molecule has 0 saturated carbocycles. The molecule has 1 rings (SSSR count). The molecule has 2 nitrogen and oxygen atoms in total. The number of aryl methyl sites for hydroxylation is 2. The summed E-state index contributed by atoms with van der Waals surface area (Å²) < 4.78 is 5.37. The number of benzene rings is 1. The third kappa shape index (κ3) is 3.53. The first-order valence-corrected chi connectivity index (χ1v) is 6.12. The van der Waals surface area contributed by atoms with Crippen LogP contribution in [0.4, 0.5) is 0 Å². The maximum atomic E-state index is 5.94.